The SMILES string of the molecule is Cn1c([C@H](NC(=O)C2=CCOCC2)c2ccccc2)nc2ccccc21. The maximum Gasteiger partial charge on any atom is 0.247 e. The lowest BCUT2D eigenvalue weighted by Crippen LogP contribution is -2.33. The maximum atomic E-state index is 12.8. The van der Waals surface area contributed by atoms with Crippen LogP contribution in [0.4, 0.5) is 0 Å². The number of carbonyl (C=O) groups excluding carboxylic acids is 1. The summed E-state index contributed by atoms with van der Waals surface area (Å²) >= 11 is 0. The summed E-state index contributed by atoms with van der Waals surface area (Å²) in [5.41, 5.74) is 3.75. The molecule has 1 aromatic heterocycles. The normalized spacial score (nSPS) is 15.5. The highest BCUT2D eigenvalue weighted by Gasteiger charge is 2.24. The monoisotopic (exact) mass is 347 g/mol. The summed E-state index contributed by atoms with van der Waals surface area (Å²) in [5.74, 6) is 0.757. The van der Waals surface area contributed by atoms with Crippen LogP contribution in [0.25, 0.3) is 11.0 Å². The number of fused-ring (bicyclic) bond motifs is 1. The van der Waals surface area contributed by atoms with Crippen LogP contribution in [0.3, 0.4) is 0 Å². The zero-order chi connectivity index (χ0) is 17.9. The van der Waals surface area contributed by atoms with Crippen LogP contribution in [0.2, 0.25) is 0 Å². The Morgan fingerprint density at radius 2 is 1.92 bits per heavy atom. The largest absolute Gasteiger partial charge is 0.377 e. The molecule has 0 saturated carbocycles. The molecule has 0 radical (unpaired) electrons. The lowest BCUT2D eigenvalue weighted by molar-refractivity contribution is -0.118. The molecule has 132 valence electrons. The fourth-order valence-electron chi connectivity index (χ4n) is 3.32. The van der Waals surface area contributed by atoms with E-state index >= 15 is 0 Å². The van der Waals surface area contributed by atoms with Crippen molar-refractivity contribution in [2.45, 2.75) is 12.5 Å². The minimum absolute atomic E-state index is 0.0609. The number of aryl methyl sites for hydroxylation is 1. The molecular formula is C21H21N3O2. The van der Waals surface area contributed by atoms with E-state index in [1.165, 1.54) is 0 Å². The van der Waals surface area contributed by atoms with Gasteiger partial charge in [0.25, 0.3) is 0 Å². The second-order valence-electron chi connectivity index (χ2n) is 6.39. The van der Waals surface area contributed by atoms with Gasteiger partial charge in [-0.3, -0.25) is 4.79 Å². The fraction of sp³-hybridized carbons (Fsp3) is 0.238. The molecule has 0 fully saturated rings. The third-order valence-corrected chi connectivity index (χ3v) is 4.74. The number of nitrogens with zero attached hydrogens (tertiary/aromatic N) is 2. The van der Waals surface area contributed by atoms with Crippen molar-refractivity contribution < 1.29 is 9.53 Å². The van der Waals surface area contributed by atoms with Gasteiger partial charge in [0.1, 0.15) is 11.9 Å². The van der Waals surface area contributed by atoms with Crippen molar-refractivity contribution in [3.05, 3.63) is 77.6 Å². The first-order valence-corrected chi connectivity index (χ1v) is 8.78. The zero-order valence-electron chi connectivity index (χ0n) is 14.7. The van der Waals surface area contributed by atoms with Crippen LogP contribution in [0.1, 0.15) is 23.9 Å². The van der Waals surface area contributed by atoms with Gasteiger partial charge in [0.05, 0.1) is 24.2 Å². The number of para-hydroxylation sites is 2. The van der Waals surface area contributed by atoms with Gasteiger partial charge in [-0.05, 0) is 17.7 Å². The third kappa shape index (κ3) is 3.13. The highest BCUT2D eigenvalue weighted by Crippen LogP contribution is 2.25. The summed E-state index contributed by atoms with van der Waals surface area (Å²) < 4.78 is 7.36. The predicted molar refractivity (Wildman–Crippen MR) is 101 cm³/mol. The Bertz CT molecular complexity index is 960. The van der Waals surface area contributed by atoms with E-state index in [1.54, 1.807) is 0 Å². The third-order valence-electron chi connectivity index (χ3n) is 4.74. The van der Waals surface area contributed by atoms with Crippen LogP contribution in [-0.2, 0) is 16.6 Å². The van der Waals surface area contributed by atoms with E-state index in [1.807, 2.05) is 72.3 Å². The summed E-state index contributed by atoms with van der Waals surface area (Å²) in [5, 5.41) is 3.17. The first kappa shape index (κ1) is 16.5. The van der Waals surface area contributed by atoms with Gasteiger partial charge in [-0.1, -0.05) is 48.5 Å². The molecule has 26 heavy (non-hydrogen) atoms. The lowest BCUT2D eigenvalue weighted by Gasteiger charge is -2.21. The van der Waals surface area contributed by atoms with Crippen molar-refractivity contribution in [1.29, 1.82) is 0 Å². The van der Waals surface area contributed by atoms with Crippen molar-refractivity contribution in [1.82, 2.24) is 14.9 Å². The summed E-state index contributed by atoms with van der Waals surface area (Å²) in [6.45, 7) is 1.08. The Labute approximate surface area is 152 Å². The van der Waals surface area contributed by atoms with Crippen LogP contribution in [-0.4, -0.2) is 28.7 Å². The molecule has 1 aliphatic heterocycles. The van der Waals surface area contributed by atoms with E-state index in [0.29, 0.717) is 19.6 Å². The first-order chi connectivity index (χ1) is 12.7. The molecule has 0 aliphatic carbocycles. The Balaban J connectivity index is 1.74. The quantitative estimate of drug-likeness (QED) is 0.789. The molecular weight excluding hydrogens is 326 g/mol. The van der Waals surface area contributed by atoms with Crippen LogP contribution in [0.5, 0.6) is 0 Å². The fourth-order valence-corrected chi connectivity index (χ4v) is 3.32. The van der Waals surface area contributed by atoms with E-state index < -0.39 is 0 Å². The van der Waals surface area contributed by atoms with Crippen molar-refractivity contribution >= 4 is 16.9 Å². The van der Waals surface area contributed by atoms with Crippen LogP contribution >= 0.6 is 0 Å². The molecule has 2 aromatic carbocycles. The Kier molecular flexibility index (Phi) is 4.54. The number of benzene rings is 2. The number of nitrogens with one attached hydrogen (secondary N) is 1. The molecule has 2 heterocycles. The highest BCUT2D eigenvalue weighted by molar-refractivity contribution is 5.94. The van der Waals surface area contributed by atoms with E-state index in [4.69, 9.17) is 9.72 Å². The average molecular weight is 347 g/mol. The molecule has 3 aromatic rings. The maximum absolute atomic E-state index is 12.8. The second-order valence-corrected chi connectivity index (χ2v) is 6.39. The molecule has 1 N–H and O–H groups in total. The molecule has 0 saturated heterocycles. The smallest absolute Gasteiger partial charge is 0.247 e. The van der Waals surface area contributed by atoms with Gasteiger partial charge in [-0.2, -0.15) is 0 Å². The number of aromatic nitrogens is 2. The highest BCUT2D eigenvalue weighted by atomic mass is 16.5. The number of rotatable bonds is 4. The van der Waals surface area contributed by atoms with Crippen molar-refractivity contribution in [3.8, 4) is 0 Å². The minimum atomic E-state index is -0.315. The van der Waals surface area contributed by atoms with Crippen molar-refractivity contribution in [3.63, 3.8) is 0 Å². The van der Waals surface area contributed by atoms with Gasteiger partial charge in [0.15, 0.2) is 0 Å². The summed E-state index contributed by atoms with van der Waals surface area (Å²) in [7, 11) is 1.99. The standard InChI is InChI=1S/C21H21N3O2/c1-24-18-10-6-5-9-17(18)22-20(24)19(15-7-3-2-4-8-15)23-21(25)16-11-13-26-14-12-16/h2-11,19H,12-14H2,1H3,(H,23,25)/t19-/m1/s1. The second kappa shape index (κ2) is 7.14. The molecule has 5 heteroatoms. The van der Waals surface area contributed by atoms with E-state index in [2.05, 4.69) is 5.32 Å². The molecule has 1 aliphatic rings. The van der Waals surface area contributed by atoms with Gasteiger partial charge < -0.3 is 14.6 Å². The minimum Gasteiger partial charge on any atom is -0.377 e. The molecule has 0 unspecified atom stereocenters. The van der Waals surface area contributed by atoms with E-state index in [-0.39, 0.29) is 11.9 Å². The zero-order valence-corrected chi connectivity index (χ0v) is 14.7. The van der Waals surface area contributed by atoms with Crippen LogP contribution < -0.4 is 5.32 Å². The molecule has 4 rings (SSSR count). The Morgan fingerprint density at radius 3 is 2.65 bits per heavy atom. The number of hydrogen-bond acceptors (Lipinski definition) is 3. The van der Waals surface area contributed by atoms with E-state index in [9.17, 15) is 4.79 Å². The number of amides is 1. The lowest BCUT2D eigenvalue weighted by atomic mass is 10.0. The summed E-state index contributed by atoms with van der Waals surface area (Å²) in [6.07, 6.45) is 2.49. The first-order valence-electron chi connectivity index (χ1n) is 8.78. The predicted octanol–water partition coefficient (Wildman–Crippen LogP) is 3.13. The molecule has 0 spiro atoms. The molecule has 0 bridgehead atoms. The van der Waals surface area contributed by atoms with Gasteiger partial charge in [-0.15, -0.1) is 0 Å². The Hall–Kier alpha value is -2.92. The number of ether oxygens (including phenoxy) is 1. The van der Waals surface area contributed by atoms with Gasteiger partial charge in [0.2, 0.25) is 5.91 Å². The molecule has 5 nitrogen and oxygen atoms in total. The number of hydrogen-bond donors (Lipinski definition) is 1. The van der Waals surface area contributed by atoms with Crippen LogP contribution in [0.15, 0.2) is 66.2 Å². The molecule has 1 atom stereocenters. The van der Waals surface area contributed by atoms with Crippen molar-refractivity contribution in [2.75, 3.05) is 13.2 Å². The number of imidazole rings is 1. The van der Waals surface area contributed by atoms with Crippen molar-refractivity contribution in [2.24, 2.45) is 7.05 Å². The molecule has 1 amide bonds. The van der Waals surface area contributed by atoms with Gasteiger partial charge in [-0.25, -0.2) is 4.98 Å². The summed E-state index contributed by atoms with van der Waals surface area (Å²) in [4.78, 5) is 17.6. The van der Waals surface area contributed by atoms with E-state index in [0.717, 1.165) is 28.0 Å². The van der Waals surface area contributed by atoms with Gasteiger partial charge >= 0.3 is 0 Å². The van der Waals surface area contributed by atoms with Crippen LogP contribution in [0, 0.1) is 0 Å². The topological polar surface area (TPSA) is 56.2 Å². The number of carbonyl (C=O) groups is 1. The summed E-state index contributed by atoms with van der Waals surface area (Å²) in [6, 6.07) is 17.6. The Morgan fingerprint density at radius 1 is 1.15 bits per heavy atom. The average Bonchev–Trinajstić information content (AvgIpc) is 3.04. The van der Waals surface area contributed by atoms with Gasteiger partial charge in [0, 0.05) is 19.0 Å².